The van der Waals surface area contributed by atoms with Crippen LogP contribution in [0.4, 0.5) is 0 Å². The van der Waals surface area contributed by atoms with Crippen molar-refractivity contribution in [1.82, 2.24) is 0 Å². The van der Waals surface area contributed by atoms with E-state index in [1.807, 2.05) is 0 Å². The van der Waals surface area contributed by atoms with Gasteiger partial charge in [-0.1, -0.05) is 54.6 Å². The summed E-state index contributed by atoms with van der Waals surface area (Å²) in [6.07, 6.45) is -4.12. The predicted molar refractivity (Wildman–Crippen MR) is 111 cm³/mol. The van der Waals surface area contributed by atoms with Gasteiger partial charge < -0.3 is 24.5 Å². The van der Waals surface area contributed by atoms with Gasteiger partial charge in [0.15, 0.2) is 26.9 Å². The Morgan fingerprint density at radius 1 is 0.645 bits per heavy atom. The van der Waals surface area contributed by atoms with Gasteiger partial charge in [0.1, 0.15) is 0 Å². The number of aliphatic hydroxyl groups excluding tert-OH is 2. The van der Waals surface area contributed by atoms with Gasteiger partial charge in [0.25, 0.3) is 0 Å². The highest BCUT2D eigenvalue weighted by atomic mass is 32.2. The standard InChI is InChI=1S/C18H15S.C4H4BO7/c1-4-10-16(11-5-1)19(17-12-6-2-7-13-17)18-14-8-3-9-15-18;6-1-2(7)4(9)12-5(10)11-3(1)8/h1-15H;1-2,6-7H/q+1;-1. The van der Waals surface area contributed by atoms with Gasteiger partial charge in [-0.05, 0) is 36.4 Å². The molecule has 4 rings (SSSR count). The molecule has 0 radical (unpaired) electrons. The van der Waals surface area contributed by atoms with Crippen LogP contribution in [0, 0.1) is 0 Å². The average molecular weight is 438 g/mol. The van der Waals surface area contributed by atoms with E-state index in [9.17, 15) is 14.6 Å². The summed E-state index contributed by atoms with van der Waals surface area (Å²) >= 11 is 0. The molecule has 2 unspecified atom stereocenters. The lowest BCUT2D eigenvalue weighted by atomic mass is 10.2. The summed E-state index contributed by atoms with van der Waals surface area (Å²) in [5.41, 5.74) is 0. The molecule has 1 heterocycles. The van der Waals surface area contributed by atoms with Crippen molar-refractivity contribution in [3.05, 3.63) is 91.0 Å². The maximum Gasteiger partial charge on any atom is 0.496 e. The fourth-order valence-corrected chi connectivity index (χ4v) is 4.79. The molecule has 0 saturated carbocycles. The Hall–Kier alpha value is -3.11. The first kappa shape index (κ1) is 22.6. The summed E-state index contributed by atoms with van der Waals surface area (Å²) in [5.74, 6) is -2.76. The van der Waals surface area contributed by atoms with Crippen LogP contribution in [0.5, 0.6) is 0 Å². The number of hydrogen-bond acceptors (Lipinski definition) is 7. The molecular formula is C22H19BO7S. The summed E-state index contributed by atoms with van der Waals surface area (Å²) < 4.78 is 7.63. The Balaban J connectivity index is 0.000000196. The molecule has 3 aromatic carbocycles. The van der Waals surface area contributed by atoms with Crippen LogP contribution in [-0.2, 0) is 29.8 Å². The first-order chi connectivity index (χ1) is 15.0. The van der Waals surface area contributed by atoms with Crippen molar-refractivity contribution in [3.63, 3.8) is 0 Å². The molecule has 7 nitrogen and oxygen atoms in total. The van der Waals surface area contributed by atoms with Crippen molar-refractivity contribution in [2.45, 2.75) is 26.9 Å². The molecule has 0 spiro atoms. The van der Waals surface area contributed by atoms with Crippen molar-refractivity contribution in [2.75, 3.05) is 0 Å². The smallest absolute Gasteiger partial charge is 0.496 e. The zero-order valence-electron chi connectivity index (χ0n) is 16.2. The number of rotatable bonds is 3. The van der Waals surface area contributed by atoms with Gasteiger partial charge in [-0.3, -0.25) is 9.59 Å². The van der Waals surface area contributed by atoms with Gasteiger partial charge in [0, 0.05) is 0 Å². The van der Waals surface area contributed by atoms with Crippen LogP contribution in [0.1, 0.15) is 0 Å². The van der Waals surface area contributed by atoms with E-state index in [-0.39, 0.29) is 10.9 Å². The van der Waals surface area contributed by atoms with Crippen LogP contribution >= 0.6 is 0 Å². The van der Waals surface area contributed by atoms with Crippen molar-refractivity contribution in [3.8, 4) is 0 Å². The number of benzene rings is 3. The second kappa shape index (κ2) is 10.8. The van der Waals surface area contributed by atoms with Gasteiger partial charge in [0.05, 0.1) is 10.9 Å². The SMILES string of the molecule is O=C1OB([O-])OC(=O)C(O)C1O.c1ccc([S+](c2ccccc2)c2ccccc2)cc1. The fourth-order valence-electron chi connectivity index (χ4n) is 2.69. The Morgan fingerprint density at radius 3 is 1.23 bits per heavy atom. The minimum atomic E-state index is -2.32. The second-order valence-electron chi connectivity index (χ2n) is 6.30. The van der Waals surface area contributed by atoms with Crippen molar-refractivity contribution in [2.24, 2.45) is 0 Å². The highest BCUT2D eigenvalue weighted by Gasteiger charge is 2.37. The molecule has 9 heteroatoms. The van der Waals surface area contributed by atoms with E-state index < -0.39 is 31.5 Å². The summed E-state index contributed by atoms with van der Waals surface area (Å²) in [6, 6.07) is 32.2. The topological polar surface area (TPSA) is 116 Å². The molecule has 0 bridgehead atoms. The average Bonchev–Trinajstić information content (AvgIpc) is 2.88. The van der Waals surface area contributed by atoms with E-state index in [1.54, 1.807) is 0 Å². The largest absolute Gasteiger partial charge is 0.808 e. The lowest BCUT2D eigenvalue weighted by Gasteiger charge is -2.13. The van der Waals surface area contributed by atoms with Gasteiger partial charge >= 0.3 is 19.3 Å². The molecule has 31 heavy (non-hydrogen) atoms. The molecule has 1 aliphatic heterocycles. The van der Waals surface area contributed by atoms with Crippen molar-refractivity contribution < 1.29 is 34.1 Å². The Bertz CT molecular complexity index is 873. The summed E-state index contributed by atoms with van der Waals surface area (Å²) in [7, 11) is -2.34. The highest BCUT2D eigenvalue weighted by molar-refractivity contribution is 7.97. The normalized spacial score (nSPS) is 18.4. The molecular weight excluding hydrogens is 419 g/mol. The zero-order chi connectivity index (χ0) is 22.2. The van der Waals surface area contributed by atoms with E-state index >= 15 is 0 Å². The molecule has 1 aliphatic rings. The third-order valence-electron chi connectivity index (χ3n) is 4.14. The van der Waals surface area contributed by atoms with Gasteiger partial charge in [-0.2, -0.15) is 0 Å². The third-order valence-corrected chi connectivity index (χ3v) is 6.37. The second-order valence-corrected chi connectivity index (χ2v) is 8.32. The van der Waals surface area contributed by atoms with Gasteiger partial charge in [-0.25, -0.2) is 0 Å². The van der Waals surface area contributed by atoms with Crippen LogP contribution in [0.15, 0.2) is 106 Å². The minimum absolute atomic E-state index is 0.0146. The Kier molecular flexibility index (Phi) is 7.85. The van der Waals surface area contributed by atoms with Crippen LogP contribution in [0.25, 0.3) is 0 Å². The Morgan fingerprint density at radius 2 is 0.935 bits per heavy atom. The molecule has 0 aliphatic carbocycles. The molecule has 0 amide bonds. The summed E-state index contributed by atoms with van der Waals surface area (Å²) in [6.45, 7) is 0. The molecule has 158 valence electrons. The lowest BCUT2D eigenvalue weighted by Crippen LogP contribution is -2.40. The predicted octanol–water partition coefficient (Wildman–Crippen LogP) is 0.935. The Labute approximate surface area is 182 Å². The van der Waals surface area contributed by atoms with Crippen LogP contribution in [0.3, 0.4) is 0 Å². The van der Waals surface area contributed by atoms with E-state index in [0.29, 0.717) is 0 Å². The van der Waals surface area contributed by atoms with Crippen molar-refractivity contribution in [1.29, 1.82) is 0 Å². The minimum Gasteiger partial charge on any atom is -0.808 e. The summed E-state index contributed by atoms with van der Waals surface area (Å²) in [4.78, 5) is 25.1. The van der Waals surface area contributed by atoms with E-state index in [2.05, 4.69) is 100 Å². The maximum absolute atomic E-state index is 10.5. The monoisotopic (exact) mass is 438 g/mol. The lowest BCUT2D eigenvalue weighted by molar-refractivity contribution is -0.249. The first-order valence-corrected chi connectivity index (χ1v) is 10.5. The maximum atomic E-state index is 10.5. The fraction of sp³-hybridized carbons (Fsp3) is 0.0909. The van der Waals surface area contributed by atoms with Gasteiger partial charge in [0.2, 0.25) is 0 Å². The third kappa shape index (κ3) is 5.96. The highest BCUT2D eigenvalue weighted by Crippen LogP contribution is 2.30. The molecule has 1 fully saturated rings. The van der Waals surface area contributed by atoms with E-state index in [4.69, 9.17) is 10.2 Å². The molecule has 2 atom stereocenters. The molecule has 3 aromatic rings. The molecule has 2 N–H and O–H groups in total. The summed E-state index contributed by atoms with van der Waals surface area (Å²) in [5, 5.41) is 27.9. The number of carbonyl (C=O) groups excluding carboxylic acids is 2. The number of aliphatic hydroxyl groups is 2. The van der Waals surface area contributed by atoms with Crippen molar-refractivity contribution >= 4 is 30.2 Å². The number of hydrogen-bond donors (Lipinski definition) is 2. The first-order valence-electron chi connectivity index (χ1n) is 9.30. The molecule has 1 saturated heterocycles. The van der Waals surface area contributed by atoms with Crippen LogP contribution in [-0.4, -0.2) is 41.7 Å². The van der Waals surface area contributed by atoms with Gasteiger partial charge in [-0.15, -0.1) is 0 Å². The van der Waals surface area contributed by atoms with E-state index in [0.717, 1.165) is 0 Å². The van der Waals surface area contributed by atoms with Crippen LogP contribution < -0.4 is 5.02 Å². The zero-order valence-corrected chi connectivity index (χ0v) is 17.1. The van der Waals surface area contributed by atoms with E-state index in [1.165, 1.54) is 14.7 Å². The quantitative estimate of drug-likeness (QED) is 0.462. The number of carbonyl (C=O) groups is 2. The van der Waals surface area contributed by atoms with Crippen LogP contribution in [0.2, 0.25) is 0 Å². The molecule has 0 aromatic heterocycles.